The van der Waals surface area contributed by atoms with Crippen LogP contribution in [0, 0.1) is 17.6 Å². The normalized spacial score (nSPS) is 10.8. The topological polar surface area (TPSA) is 94.6 Å². The summed E-state index contributed by atoms with van der Waals surface area (Å²) < 4.78 is 59.9. The van der Waals surface area contributed by atoms with Crippen LogP contribution < -0.4 is 24.8 Å². The standard InChI is InChI=1S/C25H21F3N4O4/c1-29-9-10-35-15-3-4-16-19(13-15)30-7-5-20(16)36-23-17(26)11-14(12-18(23)27)32-25(33)22-21(34-2)6-8-31-24(22)28/h3-8,11-13,29H,9-10H2,1-2H3,(H,32,33). The van der Waals surface area contributed by atoms with Gasteiger partial charge in [-0.2, -0.15) is 4.39 Å². The number of nitrogens with one attached hydrogen (secondary N) is 2. The lowest BCUT2D eigenvalue weighted by Gasteiger charge is -2.13. The Kier molecular flexibility index (Phi) is 7.50. The fourth-order valence-electron chi connectivity index (χ4n) is 3.38. The number of aromatic nitrogens is 2. The number of halogens is 3. The lowest BCUT2D eigenvalue weighted by Crippen LogP contribution is -2.16. The molecule has 0 aliphatic rings. The summed E-state index contributed by atoms with van der Waals surface area (Å²) in [5.74, 6) is -4.26. The number of methoxy groups -OCH3 is 1. The van der Waals surface area contributed by atoms with Crippen molar-refractivity contribution in [1.29, 1.82) is 0 Å². The van der Waals surface area contributed by atoms with Crippen molar-refractivity contribution in [2.75, 3.05) is 32.6 Å². The van der Waals surface area contributed by atoms with Crippen LogP contribution in [0.2, 0.25) is 0 Å². The predicted octanol–water partition coefficient (Wildman–Crippen LogP) is 4.70. The zero-order valence-corrected chi connectivity index (χ0v) is 19.3. The van der Waals surface area contributed by atoms with E-state index in [1.54, 1.807) is 18.2 Å². The third kappa shape index (κ3) is 5.31. The van der Waals surface area contributed by atoms with Gasteiger partial charge in [0.25, 0.3) is 5.91 Å². The van der Waals surface area contributed by atoms with Gasteiger partial charge in [-0.1, -0.05) is 0 Å². The largest absolute Gasteiger partial charge is 0.496 e. The van der Waals surface area contributed by atoms with Crippen molar-refractivity contribution >= 4 is 22.5 Å². The van der Waals surface area contributed by atoms with Crippen LogP contribution in [0.3, 0.4) is 0 Å². The number of fused-ring (bicyclic) bond motifs is 1. The number of ether oxygens (including phenoxy) is 3. The molecule has 0 atom stereocenters. The summed E-state index contributed by atoms with van der Waals surface area (Å²) in [7, 11) is 3.06. The van der Waals surface area contributed by atoms with Crippen molar-refractivity contribution in [3.8, 4) is 23.0 Å². The second-order valence-electron chi connectivity index (χ2n) is 7.44. The molecule has 0 saturated carbocycles. The molecule has 4 rings (SSSR count). The summed E-state index contributed by atoms with van der Waals surface area (Å²) in [5.41, 5.74) is -0.249. The van der Waals surface area contributed by atoms with E-state index >= 15 is 0 Å². The quantitative estimate of drug-likeness (QED) is 0.255. The molecule has 0 bridgehead atoms. The molecule has 1 amide bonds. The maximum atomic E-state index is 14.8. The fraction of sp³-hybridized carbons (Fsp3) is 0.160. The molecule has 2 aromatic heterocycles. The molecule has 0 aliphatic heterocycles. The van der Waals surface area contributed by atoms with Crippen LogP contribution in [0.1, 0.15) is 10.4 Å². The van der Waals surface area contributed by atoms with Crippen LogP contribution >= 0.6 is 0 Å². The third-order valence-corrected chi connectivity index (χ3v) is 5.08. The lowest BCUT2D eigenvalue weighted by atomic mass is 10.2. The molecule has 36 heavy (non-hydrogen) atoms. The number of benzene rings is 2. The van der Waals surface area contributed by atoms with Gasteiger partial charge in [0, 0.05) is 48.2 Å². The van der Waals surface area contributed by atoms with E-state index in [-0.39, 0.29) is 17.2 Å². The Balaban J connectivity index is 1.57. The molecule has 2 heterocycles. The molecule has 0 unspecified atom stereocenters. The molecule has 0 aliphatic carbocycles. The van der Waals surface area contributed by atoms with Crippen molar-refractivity contribution < 1.29 is 32.2 Å². The van der Waals surface area contributed by atoms with Crippen molar-refractivity contribution in [2.24, 2.45) is 0 Å². The number of anilines is 1. The zero-order valence-electron chi connectivity index (χ0n) is 19.3. The smallest absolute Gasteiger partial charge is 0.264 e. The number of nitrogens with zero attached hydrogens (tertiary/aromatic N) is 2. The minimum absolute atomic E-state index is 0.0824. The molecular formula is C25H21F3N4O4. The Morgan fingerprint density at radius 1 is 0.972 bits per heavy atom. The van der Waals surface area contributed by atoms with E-state index in [0.717, 1.165) is 18.3 Å². The second kappa shape index (κ2) is 10.9. The monoisotopic (exact) mass is 498 g/mol. The van der Waals surface area contributed by atoms with Crippen LogP contribution in [-0.2, 0) is 0 Å². The average Bonchev–Trinajstić information content (AvgIpc) is 2.86. The van der Waals surface area contributed by atoms with Gasteiger partial charge in [-0.25, -0.2) is 13.8 Å². The SMILES string of the molecule is CNCCOc1ccc2c(Oc3c(F)cc(NC(=O)c4c(OC)ccnc4F)cc3F)ccnc2c1. The number of likely N-dealkylation sites (N-methyl/N-ethyl adjacent to an activating group) is 1. The zero-order chi connectivity index (χ0) is 25.7. The fourth-order valence-corrected chi connectivity index (χ4v) is 3.38. The molecule has 0 fully saturated rings. The number of carbonyl (C=O) groups is 1. The molecule has 11 heteroatoms. The molecule has 0 saturated heterocycles. The van der Waals surface area contributed by atoms with Gasteiger partial charge in [0.1, 0.15) is 29.4 Å². The first kappa shape index (κ1) is 24.7. The Labute approximate surface area is 204 Å². The third-order valence-electron chi connectivity index (χ3n) is 5.08. The summed E-state index contributed by atoms with van der Waals surface area (Å²) in [4.78, 5) is 20.2. The van der Waals surface area contributed by atoms with E-state index in [1.165, 1.54) is 25.4 Å². The second-order valence-corrected chi connectivity index (χ2v) is 7.44. The summed E-state index contributed by atoms with van der Waals surface area (Å²) in [6.45, 7) is 1.12. The van der Waals surface area contributed by atoms with Crippen LogP contribution in [0.4, 0.5) is 18.9 Å². The van der Waals surface area contributed by atoms with Gasteiger partial charge in [0.15, 0.2) is 17.4 Å². The Morgan fingerprint density at radius 3 is 2.42 bits per heavy atom. The number of amides is 1. The van der Waals surface area contributed by atoms with Crippen LogP contribution in [0.25, 0.3) is 10.9 Å². The molecule has 2 aromatic carbocycles. The van der Waals surface area contributed by atoms with Crippen LogP contribution in [0.15, 0.2) is 54.9 Å². The minimum atomic E-state index is -1.09. The summed E-state index contributed by atoms with van der Waals surface area (Å²) in [6, 6.07) is 9.52. The highest BCUT2D eigenvalue weighted by Gasteiger charge is 2.21. The van der Waals surface area contributed by atoms with Gasteiger partial charge < -0.3 is 24.8 Å². The molecule has 0 radical (unpaired) electrons. The van der Waals surface area contributed by atoms with Crippen molar-refractivity contribution in [3.05, 3.63) is 78.0 Å². The van der Waals surface area contributed by atoms with E-state index in [9.17, 15) is 18.0 Å². The van der Waals surface area contributed by atoms with Gasteiger partial charge in [-0.05, 0) is 31.3 Å². The van der Waals surface area contributed by atoms with Gasteiger partial charge in [0.05, 0.1) is 12.6 Å². The Hall–Kier alpha value is -4.38. The van der Waals surface area contributed by atoms with E-state index in [2.05, 4.69) is 20.6 Å². The summed E-state index contributed by atoms with van der Waals surface area (Å²) in [6.07, 6.45) is 2.56. The molecule has 186 valence electrons. The van der Waals surface area contributed by atoms with Gasteiger partial charge in [-0.15, -0.1) is 0 Å². The highest BCUT2D eigenvalue weighted by Crippen LogP contribution is 2.35. The number of hydrogen-bond donors (Lipinski definition) is 2. The average molecular weight is 498 g/mol. The van der Waals surface area contributed by atoms with Crippen molar-refractivity contribution in [3.63, 3.8) is 0 Å². The Bertz CT molecular complexity index is 1390. The summed E-state index contributed by atoms with van der Waals surface area (Å²) in [5, 5.41) is 5.72. The number of pyridine rings is 2. The summed E-state index contributed by atoms with van der Waals surface area (Å²) >= 11 is 0. The number of carbonyl (C=O) groups excluding carboxylic acids is 1. The van der Waals surface area contributed by atoms with Gasteiger partial charge in [0.2, 0.25) is 5.95 Å². The van der Waals surface area contributed by atoms with Gasteiger partial charge >= 0.3 is 0 Å². The number of hydrogen-bond acceptors (Lipinski definition) is 7. The van der Waals surface area contributed by atoms with Crippen molar-refractivity contribution in [1.82, 2.24) is 15.3 Å². The highest BCUT2D eigenvalue weighted by molar-refractivity contribution is 6.06. The first-order chi connectivity index (χ1) is 17.4. The first-order valence-corrected chi connectivity index (χ1v) is 10.7. The Morgan fingerprint density at radius 2 is 1.69 bits per heavy atom. The highest BCUT2D eigenvalue weighted by atomic mass is 19.1. The maximum absolute atomic E-state index is 14.8. The molecule has 8 nitrogen and oxygen atoms in total. The van der Waals surface area contributed by atoms with Crippen LogP contribution in [-0.4, -0.2) is 43.2 Å². The van der Waals surface area contributed by atoms with E-state index in [0.29, 0.717) is 29.8 Å². The molecular weight excluding hydrogens is 477 g/mol. The van der Waals surface area contributed by atoms with E-state index < -0.39 is 34.8 Å². The van der Waals surface area contributed by atoms with Crippen LogP contribution in [0.5, 0.6) is 23.0 Å². The van der Waals surface area contributed by atoms with E-state index in [4.69, 9.17) is 14.2 Å². The molecule has 4 aromatic rings. The first-order valence-electron chi connectivity index (χ1n) is 10.7. The van der Waals surface area contributed by atoms with E-state index in [1.807, 2.05) is 7.05 Å². The minimum Gasteiger partial charge on any atom is -0.496 e. The maximum Gasteiger partial charge on any atom is 0.264 e. The predicted molar refractivity (Wildman–Crippen MR) is 126 cm³/mol. The van der Waals surface area contributed by atoms with Gasteiger partial charge in [-0.3, -0.25) is 9.78 Å². The van der Waals surface area contributed by atoms with Crippen molar-refractivity contribution in [2.45, 2.75) is 0 Å². The number of rotatable bonds is 9. The lowest BCUT2D eigenvalue weighted by molar-refractivity contribution is 0.101. The molecule has 2 N–H and O–H groups in total. The molecule has 0 spiro atoms.